The molecule has 0 saturated carbocycles. The number of carbonyl (C=O) groups is 1. The first-order chi connectivity index (χ1) is 9.40. The standard InChI is InChI=1S/C13H20ClN3O3/c1-4-13(5-2,8-14)9-15-12(18)10-6-7-11(16(10)3)17(19)20/h6-7H,4-5,8-9H2,1-3H3,(H,15,18). The van der Waals surface area contributed by atoms with Crippen LogP contribution in [0.2, 0.25) is 0 Å². The van der Waals surface area contributed by atoms with Gasteiger partial charge in [-0.05, 0) is 23.8 Å². The smallest absolute Gasteiger partial charge is 0.323 e. The quantitative estimate of drug-likeness (QED) is 0.478. The maximum absolute atomic E-state index is 12.1. The molecule has 0 unspecified atom stereocenters. The van der Waals surface area contributed by atoms with Gasteiger partial charge in [0, 0.05) is 23.9 Å². The molecule has 1 amide bonds. The fraction of sp³-hybridized carbons (Fsp3) is 0.615. The monoisotopic (exact) mass is 301 g/mol. The maximum Gasteiger partial charge on any atom is 0.323 e. The summed E-state index contributed by atoms with van der Waals surface area (Å²) in [6, 6.07) is 2.77. The molecular formula is C13H20ClN3O3. The van der Waals surface area contributed by atoms with E-state index in [0.717, 1.165) is 12.8 Å². The van der Waals surface area contributed by atoms with Gasteiger partial charge in [-0.1, -0.05) is 13.8 Å². The van der Waals surface area contributed by atoms with Crippen molar-refractivity contribution >= 4 is 23.3 Å². The summed E-state index contributed by atoms with van der Waals surface area (Å²) >= 11 is 5.99. The van der Waals surface area contributed by atoms with Crippen molar-refractivity contribution in [1.29, 1.82) is 0 Å². The molecule has 20 heavy (non-hydrogen) atoms. The van der Waals surface area contributed by atoms with E-state index in [0.29, 0.717) is 12.4 Å². The summed E-state index contributed by atoms with van der Waals surface area (Å²) in [6.45, 7) is 4.53. The molecule has 0 radical (unpaired) electrons. The SMILES string of the molecule is CCC(CC)(CCl)CNC(=O)c1ccc([N+](=O)[O-])n1C. The van der Waals surface area contributed by atoms with Crippen LogP contribution in [0.4, 0.5) is 5.82 Å². The van der Waals surface area contributed by atoms with E-state index in [2.05, 4.69) is 5.32 Å². The van der Waals surface area contributed by atoms with Gasteiger partial charge in [0.2, 0.25) is 0 Å². The van der Waals surface area contributed by atoms with Crippen LogP contribution in [0.25, 0.3) is 0 Å². The van der Waals surface area contributed by atoms with Crippen molar-refractivity contribution in [3.8, 4) is 0 Å². The molecule has 0 spiro atoms. The van der Waals surface area contributed by atoms with E-state index in [4.69, 9.17) is 11.6 Å². The molecule has 1 N–H and O–H groups in total. The van der Waals surface area contributed by atoms with Crippen molar-refractivity contribution in [3.63, 3.8) is 0 Å². The summed E-state index contributed by atoms with van der Waals surface area (Å²) in [6.07, 6.45) is 1.72. The highest BCUT2D eigenvalue weighted by Gasteiger charge is 2.27. The molecule has 1 heterocycles. The first kappa shape index (κ1) is 16.5. The number of nitro groups is 1. The number of rotatable bonds is 7. The molecule has 7 heteroatoms. The lowest BCUT2D eigenvalue weighted by atomic mass is 9.84. The van der Waals surface area contributed by atoms with Crippen molar-refractivity contribution in [2.75, 3.05) is 12.4 Å². The number of nitrogens with one attached hydrogen (secondary N) is 1. The molecule has 0 saturated heterocycles. The number of aromatic nitrogens is 1. The molecule has 0 aliphatic rings. The van der Waals surface area contributed by atoms with E-state index < -0.39 is 4.92 Å². The van der Waals surface area contributed by atoms with Crippen LogP contribution in [0.15, 0.2) is 12.1 Å². The van der Waals surface area contributed by atoms with Gasteiger partial charge >= 0.3 is 5.82 Å². The van der Waals surface area contributed by atoms with Gasteiger partial charge in [0.15, 0.2) is 5.69 Å². The van der Waals surface area contributed by atoms with Gasteiger partial charge in [-0.3, -0.25) is 4.79 Å². The Morgan fingerprint density at radius 1 is 1.45 bits per heavy atom. The summed E-state index contributed by atoms with van der Waals surface area (Å²) in [7, 11) is 1.50. The van der Waals surface area contributed by atoms with Crippen LogP contribution in [0.1, 0.15) is 37.2 Å². The molecule has 0 fully saturated rings. The molecule has 112 valence electrons. The fourth-order valence-electron chi connectivity index (χ4n) is 2.01. The molecule has 0 atom stereocenters. The lowest BCUT2D eigenvalue weighted by Crippen LogP contribution is -2.38. The van der Waals surface area contributed by atoms with Crippen molar-refractivity contribution < 1.29 is 9.72 Å². The van der Waals surface area contributed by atoms with Crippen LogP contribution >= 0.6 is 11.6 Å². The average molecular weight is 302 g/mol. The summed E-state index contributed by atoms with van der Waals surface area (Å²) in [5.41, 5.74) is 0.140. The van der Waals surface area contributed by atoms with Crippen LogP contribution in [0.3, 0.4) is 0 Å². The number of halogens is 1. The molecule has 0 aliphatic carbocycles. The number of carbonyl (C=O) groups excluding carboxylic acids is 1. The number of hydrogen-bond donors (Lipinski definition) is 1. The number of alkyl halides is 1. The largest absolute Gasteiger partial charge is 0.358 e. The third kappa shape index (κ3) is 3.30. The Labute approximate surface area is 123 Å². The predicted molar refractivity (Wildman–Crippen MR) is 78.1 cm³/mol. The van der Waals surface area contributed by atoms with Crippen LogP contribution in [-0.4, -0.2) is 27.8 Å². The molecule has 0 aromatic carbocycles. The topological polar surface area (TPSA) is 77.2 Å². The van der Waals surface area contributed by atoms with Crippen molar-refractivity contribution in [1.82, 2.24) is 9.88 Å². The zero-order valence-corrected chi connectivity index (χ0v) is 12.7. The Hall–Kier alpha value is -1.56. The highest BCUT2D eigenvalue weighted by Crippen LogP contribution is 2.27. The average Bonchev–Trinajstić information content (AvgIpc) is 2.82. The lowest BCUT2D eigenvalue weighted by Gasteiger charge is -2.29. The summed E-state index contributed by atoms with van der Waals surface area (Å²) in [5, 5.41) is 13.6. The molecule has 0 bridgehead atoms. The minimum Gasteiger partial charge on any atom is -0.358 e. The minimum absolute atomic E-state index is 0.107. The normalized spacial score (nSPS) is 11.4. The second-order valence-corrected chi connectivity index (χ2v) is 5.18. The third-order valence-electron chi connectivity index (χ3n) is 3.92. The lowest BCUT2D eigenvalue weighted by molar-refractivity contribution is -0.391. The zero-order valence-electron chi connectivity index (χ0n) is 12.0. The van der Waals surface area contributed by atoms with E-state index in [1.165, 1.54) is 23.7 Å². The third-order valence-corrected chi connectivity index (χ3v) is 4.49. The first-order valence-electron chi connectivity index (χ1n) is 6.55. The van der Waals surface area contributed by atoms with E-state index in [-0.39, 0.29) is 22.8 Å². The van der Waals surface area contributed by atoms with Crippen molar-refractivity contribution in [2.24, 2.45) is 12.5 Å². The van der Waals surface area contributed by atoms with Crippen molar-refractivity contribution in [2.45, 2.75) is 26.7 Å². The van der Waals surface area contributed by atoms with Crippen molar-refractivity contribution in [3.05, 3.63) is 27.9 Å². The van der Waals surface area contributed by atoms with Gasteiger partial charge in [-0.15, -0.1) is 11.6 Å². The van der Waals surface area contributed by atoms with Crippen LogP contribution in [0, 0.1) is 15.5 Å². The van der Waals surface area contributed by atoms with E-state index in [9.17, 15) is 14.9 Å². The van der Waals surface area contributed by atoms with Gasteiger partial charge < -0.3 is 15.4 Å². The van der Waals surface area contributed by atoms with E-state index >= 15 is 0 Å². The maximum atomic E-state index is 12.1. The van der Waals surface area contributed by atoms with Gasteiger partial charge in [0.05, 0.1) is 7.05 Å². The predicted octanol–water partition coefficient (Wildman–Crippen LogP) is 2.71. The molecule has 1 aromatic heterocycles. The molecule has 6 nitrogen and oxygen atoms in total. The summed E-state index contributed by atoms with van der Waals surface area (Å²) in [4.78, 5) is 22.3. The van der Waals surface area contributed by atoms with Crippen LogP contribution in [-0.2, 0) is 7.05 Å². The Kier molecular flexibility index (Phi) is 5.56. The fourth-order valence-corrected chi connectivity index (χ4v) is 2.48. The molecule has 1 rings (SSSR count). The molecular weight excluding hydrogens is 282 g/mol. The van der Waals surface area contributed by atoms with Gasteiger partial charge in [0.1, 0.15) is 0 Å². The van der Waals surface area contributed by atoms with Crippen LogP contribution < -0.4 is 5.32 Å². The Morgan fingerprint density at radius 3 is 2.45 bits per heavy atom. The highest BCUT2D eigenvalue weighted by atomic mass is 35.5. The van der Waals surface area contributed by atoms with Crippen LogP contribution in [0.5, 0.6) is 0 Å². The van der Waals surface area contributed by atoms with E-state index in [1.54, 1.807) is 0 Å². The molecule has 1 aromatic rings. The Bertz CT molecular complexity index is 487. The highest BCUT2D eigenvalue weighted by molar-refractivity contribution is 6.18. The Balaban J connectivity index is 2.80. The van der Waals surface area contributed by atoms with Gasteiger partial charge in [-0.2, -0.15) is 0 Å². The zero-order chi connectivity index (χ0) is 15.3. The number of amides is 1. The van der Waals surface area contributed by atoms with E-state index in [1.807, 2.05) is 13.8 Å². The van der Waals surface area contributed by atoms with Gasteiger partial charge in [-0.25, -0.2) is 4.57 Å². The first-order valence-corrected chi connectivity index (χ1v) is 7.08. The molecule has 0 aliphatic heterocycles. The number of nitrogens with zero attached hydrogens (tertiary/aromatic N) is 2. The Morgan fingerprint density at radius 2 is 2.05 bits per heavy atom. The summed E-state index contributed by atoms with van der Waals surface area (Å²) in [5.74, 6) is 0.0369. The van der Waals surface area contributed by atoms with Gasteiger partial charge in [0.25, 0.3) is 5.91 Å². The second kappa shape index (κ2) is 6.74. The minimum atomic E-state index is -0.516. The summed E-state index contributed by atoms with van der Waals surface area (Å²) < 4.78 is 1.27. The number of hydrogen-bond acceptors (Lipinski definition) is 3. The second-order valence-electron chi connectivity index (χ2n) is 4.92.